The summed E-state index contributed by atoms with van der Waals surface area (Å²) in [5.41, 5.74) is 0. The Morgan fingerprint density at radius 1 is 1.44 bits per heavy atom. The van der Waals surface area contributed by atoms with E-state index in [-0.39, 0.29) is 11.7 Å². The predicted octanol–water partition coefficient (Wildman–Crippen LogP) is 0.375. The Labute approximate surface area is 97.0 Å². The van der Waals surface area contributed by atoms with Gasteiger partial charge in [0.2, 0.25) is 15.9 Å². The highest BCUT2D eigenvalue weighted by Gasteiger charge is 2.24. The van der Waals surface area contributed by atoms with Gasteiger partial charge in [0.1, 0.15) is 6.04 Å². The molecule has 1 fully saturated rings. The van der Waals surface area contributed by atoms with Crippen LogP contribution in [0.25, 0.3) is 0 Å². The number of hydrogen-bond donors (Lipinski definition) is 2. The Balaban J connectivity index is 2.53. The van der Waals surface area contributed by atoms with Gasteiger partial charge in [-0.05, 0) is 25.7 Å². The second-order valence-electron chi connectivity index (χ2n) is 4.13. The van der Waals surface area contributed by atoms with E-state index in [1.165, 1.54) is 0 Å². The van der Waals surface area contributed by atoms with Crippen molar-refractivity contribution in [2.24, 2.45) is 0 Å². The summed E-state index contributed by atoms with van der Waals surface area (Å²) < 4.78 is 25.7. The first-order chi connectivity index (χ1) is 7.55. The van der Waals surface area contributed by atoms with Crippen LogP contribution in [0.4, 0.5) is 0 Å². The number of rotatable bonds is 5. The van der Waals surface area contributed by atoms with Gasteiger partial charge < -0.3 is 5.32 Å². The van der Waals surface area contributed by atoms with Crippen molar-refractivity contribution in [1.29, 1.82) is 0 Å². The maximum Gasteiger partial charge on any atom is 0.238 e. The van der Waals surface area contributed by atoms with Crippen LogP contribution in [0.1, 0.15) is 39.0 Å². The van der Waals surface area contributed by atoms with E-state index in [0.717, 1.165) is 19.3 Å². The van der Waals surface area contributed by atoms with Crippen LogP contribution >= 0.6 is 0 Å². The minimum absolute atomic E-state index is 0.104. The van der Waals surface area contributed by atoms with Gasteiger partial charge in [0.05, 0.1) is 5.75 Å². The van der Waals surface area contributed by atoms with E-state index in [9.17, 15) is 13.2 Å². The molecule has 0 aromatic heterocycles. The smallest absolute Gasteiger partial charge is 0.238 e. The number of unbranched alkanes of at least 4 members (excludes halogenated alkanes) is 1. The lowest BCUT2D eigenvalue weighted by atomic mass is 10.1. The van der Waals surface area contributed by atoms with Crippen molar-refractivity contribution in [3.05, 3.63) is 0 Å². The molecule has 1 saturated heterocycles. The maximum atomic E-state index is 11.6. The third-order valence-electron chi connectivity index (χ3n) is 2.62. The van der Waals surface area contributed by atoms with Gasteiger partial charge in [-0.3, -0.25) is 4.79 Å². The summed E-state index contributed by atoms with van der Waals surface area (Å²) in [6.07, 6.45) is 3.84. The molecule has 94 valence electrons. The standard InChI is InChI=1S/C10H20N2O3S/c1-2-3-8-16(14,15)12-9-6-4-5-7-11-10(9)13/h9,12H,2-8H2,1H3,(H,11,13). The molecule has 1 heterocycles. The van der Waals surface area contributed by atoms with Crippen LogP contribution in [0.5, 0.6) is 0 Å². The summed E-state index contributed by atoms with van der Waals surface area (Å²) in [5, 5.41) is 2.71. The zero-order valence-corrected chi connectivity index (χ0v) is 10.5. The van der Waals surface area contributed by atoms with E-state index in [4.69, 9.17) is 0 Å². The molecule has 6 heteroatoms. The third kappa shape index (κ3) is 4.49. The fourth-order valence-electron chi connectivity index (χ4n) is 1.66. The second-order valence-corrected chi connectivity index (χ2v) is 6.00. The van der Waals surface area contributed by atoms with Crippen LogP contribution in [0.2, 0.25) is 0 Å². The fraction of sp³-hybridized carbons (Fsp3) is 0.900. The van der Waals surface area contributed by atoms with E-state index >= 15 is 0 Å². The van der Waals surface area contributed by atoms with E-state index in [0.29, 0.717) is 19.4 Å². The molecule has 1 amide bonds. The normalized spacial score (nSPS) is 22.6. The molecule has 1 atom stereocenters. The van der Waals surface area contributed by atoms with Gasteiger partial charge >= 0.3 is 0 Å². The fourth-order valence-corrected chi connectivity index (χ4v) is 3.11. The lowest BCUT2D eigenvalue weighted by Gasteiger charge is -2.15. The first-order valence-corrected chi connectivity index (χ1v) is 7.48. The zero-order chi connectivity index (χ0) is 12.0. The molecule has 0 aromatic carbocycles. The summed E-state index contributed by atoms with van der Waals surface area (Å²) in [4.78, 5) is 11.5. The molecule has 0 aromatic rings. The molecule has 0 spiro atoms. The Kier molecular flexibility index (Phi) is 5.21. The van der Waals surface area contributed by atoms with Gasteiger partial charge in [0.25, 0.3) is 0 Å². The molecule has 0 aliphatic carbocycles. The lowest BCUT2D eigenvalue weighted by molar-refractivity contribution is -0.122. The van der Waals surface area contributed by atoms with Crippen molar-refractivity contribution in [2.45, 2.75) is 45.1 Å². The first-order valence-electron chi connectivity index (χ1n) is 5.83. The largest absolute Gasteiger partial charge is 0.355 e. The van der Waals surface area contributed by atoms with Crippen LogP contribution in [0.3, 0.4) is 0 Å². The van der Waals surface area contributed by atoms with Crippen molar-refractivity contribution in [2.75, 3.05) is 12.3 Å². The molecule has 0 radical (unpaired) electrons. The van der Waals surface area contributed by atoms with Gasteiger partial charge in [-0.1, -0.05) is 13.3 Å². The van der Waals surface area contributed by atoms with Crippen LogP contribution in [0, 0.1) is 0 Å². The van der Waals surface area contributed by atoms with Crippen LogP contribution in [-0.4, -0.2) is 32.7 Å². The quantitative estimate of drug-likeness (QED) is 0.738. The highest BCUT2D eigenvalue weighted by Crippen LogP contribution is 2.07. The van der Waals surface area contributed by atoms with Gasteiger partial charge in [-0.2, -0.15) is 0 Å². The summed E-state index contributed by atoms with van der Waals surface area (Å²) in [5.74, 6) is -0.0922. The zero-order valence-electron chi connectivity index (χ0n) is 9.66. The maximum absolute atomic E-state index is 11.6. The highest BCUT2D eigenvalue weighted by molar-refractivity contribution is 7.89. The Hall–Kier alpha value is -0.620. The Bertz CT molecular complexity index is 327. The van der Waals surface area contributed by atoms with Crippen molar-refractivity contribution < 1.29 is 13.2 Å². The molecular formula is C10H20N2O3S. The molecule has 5 nitrogen and oxygen atoms in total. The van der Waals surface area contributed by atoms with Crippen molar-refractivity contribution >= 4 is 15.9 Å². The molecule has 2 N–H and O–H groups in total. The number of hydrogen-bond acceptors (Lipinski definition) is 3. The Morgan fingerprint density at radius 2 is 2.19 bits per heavy atom. The summed E-state index contributed by atoms with van der Waals surface area (Å²) in [7, 11) is -3.30. The number of carbonyl (C=O) groups is 1. The molecule has 0 saturated carbocycles. The Morgan fingerprint density at radius 3 is 2.88 bits per heavy atom. The molecule has 16 heavy (non-hydrogen) atoms. The molecule has 1 aliphatic heterocycles. The van der Waals surface area contributed by atoms with Crippen molar-refractivity contribution in [3.8, 4) is 0 Å². The minimum Gasteiger partial charge on any atom is -0.355 e. The summed E-state index contributed by atoms with van der Waals surface area (Å²) in [6.45, 7) is 2.58. The van der Waals surface area contributed by atoms with E-state index in [1.807, 2.05) is 6.92 Å². The number of amides is 1. The van der Waals surface area contributed by atoms with Gasteiger partial charge in [0.15, 0.2) is 0 Å². The SMILES string of the molecule is CCCCS(=O)(=O)NC1CCCCNC1=O. The van der Waals surface area contributed by atoms with E-state index in [2.05, 4.69) is 10.0 Å². The van der Waals surface area contributed by atoms with Crippen molar-refractivity contribution in [3.63, 3.8) is 0 Å². The van der Waals surface area contributed by atoms with E-state index in [1.54, 1.807) is 0 Å². The third-order valence-corrected chi connectivity index (χ3v) is 4.09. The monoisotopic (exact) mass is 248 g/mol. The first kappa shape index (κ1) is 13.4. The number of nitrogens with one attached hydrogen (secondary N) is 2. The minimum atomic E-state index is -3.30. The van der Waals surface area contributed by atoms with Gasteiger partial charge in [-0.25, -0.2) is 13.1 Å². The molecular weight excluding hydrogens is 228 g/mol. The van der Waals surface area contributed by atoms with Gasteiger partial charge in [-0.15, -0.1) is 0 Å². The van der Waals surface area contributed by atoms with Crippen LogP contribution < -0.4 is 10.0 Å². The average molecular weight is 248 g/mol. The topological polar surface area (TPSA) is 75.3 Å². The molecule has 0 bridgehead atoms. The lowest BCUT2D eigenvalue weighted by Crippen LogP contribution is -2.46. The number of sulfonamides is 1. The van der Waals surface area contributed by atoms with E-state index < -0.39 is 16.1 Å². The predicted molar refractivity (Wildman–Crippen MR) is 62.5 cm³/mol. The molecule has 1 unspecified atom stereocenters. The van der Waals surface area contributed by atoms with Crippen molar-refractivity contribution in [1.82, 2.24) is 10.0 Å². The van der Waals surface area contributed by atoms with Gasteiger partial charge in [0, 0.05) is 6.54 Å². The van der Waals surface area contributed by atoms with Crippen LogP contribution in [-0.2, 0) is 14.8 Å². The van der Waals surface area contributed by atoms with Crippen LogP contribution in [0.15, 0.2) is 0 Å². The summed E-state index contributed by atoms with van der Waals surface area (Å²) in [6, 6.07) is -0.579. The summed E-state index contributed by atoms with van der Waals surface area (Å²) >= 11 is 0. The highest BCUT2D eigenvalue weighted by atomic mass is 32.2. The molecule has 1 rings (SSSR count). The second kappa shape index (κ2) is 6.20. The number of carbonyl (C=O) groups excluding carboxylic acids is 1. The molecule has 1 aliphatic rings. The average Bonchev–Trinajstić information content (AvgIpc) is 2.41.